The quantitative estimate of drug-likeness (QED) is 0.791. The number of hydrogen-bond donors (Lipinski definition) is 2. The molecule has 2 fully saturated rings. The van der Waals surface area contributed by atoms with Gasteiger partial charge in [0.05, 0.1) is 12.2 Å². The van der Waals surface area contributed by atoms with E-state index in [4.69, 9.17) is 10.5 Å². The molecule has 3 atom stereocenters. The van der Waals surface area contributed by atoms with Crippen molar-refractivity contribution < 1.29 is 9.53 Å². The van der Waals surface area contributed by atoms with Crippen LogP contribution in [-0.4, -0.2) is 30.7 Å². The Kier molecular flexibility index (Phi) is 8.60. The monoisotopic (exact) mass is 318 g/mol. The summed E-state index contributed by atoms with van der Waals surface area (Å²) in [5, 5.41) is 3.15. The Morgan fingerprint density at radius 3 is 2.52 bits per heavy atom. The Labute approximate surface area is 135 Å². The minimum Gasteiger partial charge on any atom is -0.375 e. The molecule has 3 N–H and O–H groups in total. The van der Waals surface area contributed by atoms with Crippen LogP contribution >= 0.6 is 12.4 Å². The van der Waals surface area contributed by atoms with Gasteiger partial charge in [-0.05, 0) is 44.9 Å². The van der Waals surface area contributed by atoms with Crippen LogP contribution in [0.25, 0.3) is 0 Å². The van der Waals surface area contributed by atoms with Crippen molar-refractivity contribution >= 4 is 18.3 Å². The van der Waals surface area contributed by atoms with E-state index in [0.717, 1.165) is 19.3 Å². The van der Waals surface area contributed by atoms with E-state index in [0.29, 0.717) is 25.0 Å². The average Bonchev–Trinajstić information content (AvgIpc) is 2.89. The lowest BCUT2D eigenvalue weighted by atomic mass is 9.84. The molecule has 3 unspecified atom stereocenters. The van der Waals surface area contributed by atoms with E-state index in [9.17, 15) is 4.79 Å². The molecule has 4 nitrogen and oxygen atoms in total. The molecule has 124 valence electrons. The first kappa shape index (κ1) is 18.7. The third-order valence-corrected chi connectivity index (χ3v) is 4.83. The molecule has 5 heteroatoms. The standard InChI is InChI=1S/C16H30N2O2.ClH/c1-12-7-8-14(20-12)9-10-16(19)18-15(11-17)13-5-3-2-4-6-13;/h12-15H,2-11,17H2,1H3,(H,18,19);1H. The SMILES string of the molecule is CC1CCC(CCC(=O)NC(CN)C2CCCCC2)O1.Cl. The lowest BCUT2D eigenvalue weighted by Gasteiger charge is -2.30. The van der Waals surface area contributed by atoms with Crippen molar-refractivity contribution in [2.75, 3.05) is 6.54 Å². The second-order valence-corrected chi connectivity index (χ2v) is 6.49. The minimum absolute atomic E-state index is 0. The highest BCUT2D eigenvalue weighted by molar-refractivity contribution is 5.85. The van der Waals surface area contributed by atoms with Crippen molar-refractivity contribution in [2.45, 2.75) is 83.0 Å². The Balaban J connectivity index is 0.00000220. The molecule has 0 aromatic rings. The van der Waals surface area contributed by atoms with Crippen molar-refractivity contribution in [1.29, 1.82) is 0 Å². The Morgan fingerprint density at radius 2 is 1.95 bits per heavy atom. The van der Waals surface area contributed by atoms with Crippen molar-refractivity contribution in [3.05, 3.63) is 0 Å². The molecule has 0 spiro atoms. The molecule has 0 radical (unpaired) electrons. The predicted octanol–water partition coefficient (Wildman–Crippen LogP) is 2.78. The topological polar surface area (TPSA) is 64.4 Å². The molecule has 21 heavy (non-hydrogen) atoms. The molecular weight excluding hydrogens is 288 g/mol. The lowest BCUT2D eigenvalue weighted by Crippen LogP contribution is -2.46. The lowest BCUT2D eigenvalue weighted by molar-refractivity contribution is -0.122. The zero-order valence-electron chi connectivity index (χ0n) is 13.2. The number of carbonyl (C=O) groups excluding carboxylic acids is 1. The van der Waals surface area contributed by atoms with Gasteiger partial charge in [-0.25, -0.2) is 0 Å². The largest absolute Gasteiger partial charge is 0.375 e. The highest BCUT2D eigenvalue weighted by atomic mass is 35.5. The smallest absolute Gasteiger partial charge is 0.220 e. The second kappa shape index (κ2) is 9.65. The summed E-state index contributed by atoms with van der Waals surface area (Å²) in [6.45, 7) is 2.67. The maximum Gasteiger partial charge on any atom is 0.220 e. The fraction of sp³-hybridized carbons (Fsp3) is 0.938. The van der Waals surface area contributed by atoms with Crippen LogP contribution in [0.5, 0.6) is 0 Å². The summed E-state index contributed by atoms with van der Waals surface area (Å²) in [6, 6.07) is 0.172. The number of carbonyl (C=O) groups is 1. The number of nitrogens with two attached hydrogens (primary N) is 1. The van der Waals surface area contributed by atoms with Gasteiger partial charge in [-0.1, -0.05) is 19.3 Å². The number of rotatable bonds is 6. The molecule has 1 amide bonds. The number of hydrogen-bond acceptors (Lipinski definition) is 3. The van der Waals surface area contributed by atoms with Crippen LogP contribution in [-0.2, 0) is 9.53 Å². The third-order valence-electron chi connectivity index (χ3n) is 4.83. The normalized spacial score (nSPS) is 27.9. The van der Waals surface area contributed by atoms with Crippen LogP contribution in [0.15, 0.2) is 0 Å². The molecular formula is C16H31ClN2O2. The van der Waals surface area contributed by atoms with Crippen molar-refractivity contribution in [2.24, 2.45) is 11.7 Å². The van der Waals surface area contributed by atoms with Crippen molar-refractivity contribution in [3.63, 3.8) is 0 Å². The first-order valence-corrected chi connectivity index (χ1v) is 8.34. The zero-order valence-corrected chi connectivity index (χ0v) is 14.0. The van der Waals surface area contributed by atoms with Gasteiger partial charge in [-0.15, -0.1) is 12.4 Å². The van der Waals surface area contributed by atoms with Gasteiger partial charge in [0.25, 0.3) is 0 Å². The molecule has 2 rings (SSSR count). The van der Waals surface area contributed by atoms with Gasteiger partial charge in [0.2, 0.25) is 5.91 Å². The molecule has 0 aromatic heterocycles. The van der Waals surface area contributed by atoms with E-state index in [1.807, 2.05) is 0 Å². The predicted molar refractivity (Wildman–Crippen MR) is 87.6 cm³/mol. The van der Waals surface area contributed by atoms with E-state index >= 15 is 0 Å². The maximum atomic E-state index is 12.1. The molecule has 1 heterocycles. The Bertz CT molecular complexity index is 309. The molecule has 0 aromatic carbocycles. The van der Waals surface area contributed by atoms with Crippen molar-refractivity contribution in [3.8, 4) is 0 Å². The first-order valence-electron chi connectivity index (χ1n) is 8.34. The highest BCUT2D eigenvalue weighted by Crippen LogP contribution is 2.26. The van der Waals surface area contributed by atoms with Gasteiger partial charge in [-0.2, -0.15) is 0 Å². The summed E-state index contributed by atoms with van der Waals surface area (Å²) in [6.07, 6.45) is 10.6. The third kappa shape index (κ3) is 6.13. The van der Waals surface area contributed by atoms with Crippen LogP contribution < -0.4 is 11.1 Å². The Hall–Kier alpha value is -0.320. The molecule has 0 bridgehead atoms. The van der Waals surface area contributed by atoms with Gasteiger partial charge < -0.3 is 15.8 Å². The summed E-state index contributed by atoms with van der Waals surface area (Å²) in [4.78, 5) is 12.1. The van der Waals surface area contributed by atoms with E-state index in [2.05, 4.69) is 12.2 Å². The summed E-state index contributed by atoms with van der Waals surface area (Å²) < 4.78 is 5.75. The molecule has 1 aliphatic carbocycles. The van der Waals surface area contributed by atoms with Gasteiger partial charge in [0, 0.05) is 19.0 Å². The molecule has 1 aliphatic heterocycles. The van der Waals surface area contributed by atoms with Crippen LogP contribution in [0, 0.1) is 5.92 Å². The summed E-state index contributed by atoms with van der Waals surface area (Å²) in [5.74, 6) is 0.731. The average molecular weight is 319 g/mol. The number of halogens is 1. The van der Waals surface area contributed by atoms with Crippen LogP contribution in [0.3, 0.4) is 0 Å². The molecule has 1 saturated heterocycles. The second-order valence-electron chi connectivity index (χ2n) is 6.49. The van der Waals surface area contributed by atoms with Gasteiger partial charge in [0.15, 0.2) is 0 Å². The van der Waals surface area contributed by atoms with E-state index < -0.39 is 0 Å². The van der Waals surface area contributed by atoms with E-state index in [-0.39, 0.29) is 30.5 Å². The Morgan fingerprint density at radius 1 is 1.24 bits per heavy atom. The first-order chi connectivity index (χ1) is 9.69. The highest BCUT2D eigenvalue weighted by Gasteiger charge is 2.25. The van der Waals surface area contributed by atoms with Crippen molar-refractivity contribution in [1.82, 2.24) is 5.32 Å². The van der Waals surface area contributed by atoms with Crippen LogP contribution in [0.4, 0.5) is 0 Å². The van der Waals surface area contributed by atoms with E-state index in [1.165, 1.54) is 32.1 Å². The fourth-order valence-corrected chi connectivity index (χ4v) is 3.57. The van der Waals surface area contributed by atoms with Gasteiger partial charge >= 0.3 is 0 Å². The van der Waals surface area contributed by atoms with Crippen LogP contribution in [0.2, 0.25) is 0 Å². The zero-order chi connectivity index (χ0) is 14.4. The molecule has 2 aliphatic rings. The van der Waals surface area contributed by atoms with Gasteiger partial charge in [-0.3, -0.25) is 4.79 Å². The maximum absolute atomic E-state index is 12.1. The van der Waals surface area contributed by atoms with E-state index in [1.54, 1.807) is 0 Å². The number of amides is 1. The van der Waals surface area contributed by atoms with Crippen LogP contribution in [0.1, 0.15) is 64.7 Å². The number of nitrogens with one attached hydrogen (secondary N) is 1. The summed E-state index contributed by atoms with van der Waals surface area (Å²) >= 11 is 0. The summed E-state index contributed by atoms with van der Waals surface area (Å²) in [7, 11) is 0. The minimum atomic E-state index is 0. The van der Waals surface area contributed by atoms with Gasteiger partial charge in [0.1, 0.15) is 0 Å². The fourth-order valence-electron chi connectivity index (χ4n) is 3.57. The summed E-state index contributed by atoms with van der Waals surface area (Å²) in [5.41, 5.74) is 5.85. The number of ether oxygens (including phenoxy) is 1. The molecule has 1 saturated carbocycles.